The van der Waals surface area contributed by atoms with Crippen molar-refractivity contribution < 1.29 is 0 Å². The van der Waals surface area contributed by atoms with E-state index in [0.717, 1.165) is 13.0 Å². The second-order valence-corrected chi connectivity index (χ2v) is 2.05. The van der Waals surface area contributed by atoms with Gasteiger partial charge in [0, 0.05) is 6.54 Å². The van der Waals surface area contributed by atoms with E-state index in [1.54, 1.807) is 0 Å². The zero-order valence-corrected chi connectivity index (χ0v) is 4.54. The first-order valence-corrected chi connectivity index (χ1v) is 2.84. The van der Waals surface area contributed by atoms with E-state index in [4.69, 9.17) is 0 Å². The van der Waals surface area contributed by atoms with Crippen molar-refractivity contribution in [2.75, 3.05) is 0 Å². The molecule has 8 heavy (non-hydrogen) atoms. The van der Waals surface area contributed by atoms with Gasteiger partial charge in [-0.15, -0.1) is 5.10 Å². The SMILES string of the molecule is c1nnn2c1CCC2. The number of aromatic nitrogens is 3. The van der Waals surface area contributed by atoms with Gasteiger partial charge in [0.1, 0.15) is 0 Å². The van der Waals surface area contributed by atoms with Gasteiger partial charge in [0.25, 0.3) is 0 Å². The van der Waals surface area contributed by atoms with Crippen molar-refractivity contribution in [1.82, 2.24) is 15.0 Å². The van der Waals surface area contributed by atoms with Crippen molar-refractivity contribution in [2.45, 2.75) is 19.4 Å². The lowest BCUT2D eigenvalue weighted by Crippen LogP contribution is -1.93. The number of rotatable bonds is 0. The van der Waals surface area contributed by atoms with Gasteiger partial charge in [-0.1, -0.05) is 5.21 Å². The first-order chi connectivity index (χ1) is 3.97. The summed E-state index contributed by atoms with van der Waals surface area (Å²) >= 11 is 0. The molecule has 2 heterocycles. The summed E-state index contributed by atoms with van der Waals surface area (Å²) in [5, 5.41) is 7.62. The summed E-state index contributed by atoms with van der Waals surface area (Å²) in [4.78, 5) is 0. The lowest BCUT2D eigenvalue weighted by atomic mass is 10.3. The maximum atomic E-state index is 3.86. The molecule has 0 amide bonds. The number of hydrogen-bond acceptors (Lipinski definition) is 2. The molecule has 2 rings (SSSR count). The topological polar surface area (TPSA) is 30.7 Å². The average Bonchev–Trinajstić information content (AvgIpc) is 2.15. The molecular formula is C5H7N3. The van der Waals surface area contributed by atoms with Gasteiger partial charge in [-0.3, -0.25) is 0 Å². The number of hydrogen-bond donors (Lipinski definition) is 0. The molecule has 1 aliphatic heterocycles. The van der Waals surface area contributed by atoms with Crippen molar-refractivity contribution in [3.8, 4) is 0 Å². The maximum absolute atomic E-state index is 3.86. The van der Waals surface area contributed by atoms with Gasteiger partial charge in [-0.2, -0.15) is 0 Å². The van der Waals surface area contributed by atoms with E-state index in [2.05, 4.69) is 10.3 Å². The van der Waals surface area contributed by atoms with Crippen LogP contribution in [0.1, 0.15) is 12.1 Å². The molecule has 0 aromatic carbocycles. The Bertz CT molecular complexity index is 173. The zero-order valence-electron chi connectivity index (χ0n) is 4.54. The summed E-state index contributed by atoms with van der Waals surface area (Å²) in [5.41, 5.74) is 1.28. The highest BCUT2D eigenvalue weighted by molar-refractivity contribution is 4.97. The van der Waals surface area contributed by atoms with Crippen LogP contribution >= 0.6 is 0 Å². The molecule has 0 saturated heterocycles. The van der Waals surface area contributed by atoms with Crippen LogP contribution in [0.15, 0.2) is 6.20 Å². The normalized spacial score (nSPS) is 16.5. The molecule has 3 nitrogen and oxygen atoms in total. The van der Waals surface area contributed by atoms with Gasteiger partial charge in [-0.05, 0) is 12.8 Å². The number of fused-ring (bicyclic) bond motifs is 1. The van der Waals surface area contributed by atoms with Crippen LogP contribution in [0.4, 0.5) is 0 Å². The number of aryl methyl sites for hydroxylation is 2. The molecule has 1 aromatic rings. The maximum Gasteiger partial charge on any atom is 0.0725 e. The summed E-state index contributed by atoms with van der Waals surface area (Å²) in [6.07, 6.45) is 4.24. The van der Waals surface area contributed by atoms with E-state index in [1.165, 1.54) is 12.1 Å². The van der Waals surface area contributed by atoms with Crippen LogP contribution in [0.25, 0.3) is 0 Å². The highest BCUT2D eigenvalue weighted by Gasteiger charge is 2.09. The molecular weight excluding hydrogens is 102 g/mol. The molecule has 1 aliphatic rings. The quantitative estimate of drug-likeness (QED) is 0.477. The summed E-state index contributed by atoms with van der Waals surface area (Å²) in [7, 11) is 0. The summed E-state index contributed by atoms with van der Waals surface area (Å²) in [5.74, 6) is 0. The molecule has 0 N–H and O–H groups in total. The van der Waals surface area contributed by atoms with Crippen LogP contribution in [0, 0.1) is 0 Å². The molecule has 0 radical (unpaired) electrons. The Labute approximate surface area is 47.3 Å². The van der Waals surface area contributed by atoms with E-state index in [-0.39, 0.29) is 0 Å². The third-order valence-corrected chi connectivity index (χ3v) is 1.50. The van der Waals surface area contributed by atoms with Crippen LogP contribution in [0.2, 0.25) is 0 Å². The summed E-state index contributed by atoms with van der Waals surface area (Å²) in [6, 6.07) is 0. The minimum atomic E-state index is 1.06. The molecule has 0 spiro atoms. The number of nitrogens with zero attached hydrogens (tertiary/aromatic N) is 3. The summed E-state index contributed by atoms with van der Waals surface area (Å²) < 4.78 is 1.96. The van der Waals surface area contributed by atoms with Gasteiger partial charge in [0.15, 0.2) is 0 Å². The molecule has 1 aromatic heterocycles. The van der Waals surface area contributed by atoms with E-state index in [1.807, 2.05) is 10.9 Å². The second-order valence-electron chi connectivity index (χ2n) is 2.05. The molecule has 3 heteroatoms. The van der Waals surface area contributed by atoms with E-state index in [9.17, 15) is 0 Å². The van der Waals surface area contributed by atoms with E-state index >= 15 is 0 Å². The predicted molar refractivity (Wildman–Crippen MR) is 28.3 cm³/mol. The van der Waals surface area contributed by atoms with Gasteiger partial charge in [-0.25, -0.2) is 4.68 Å². The van der Waals surface area contributed by atoms with Crippen LogP contribution in [0.3, 0.4) is 0 Å². The average molecular weight is 109 g/mol. The predicted octanol–water partition coefficient (Wildman–Crippen LogP) is 0.224. The Hall–Kier alpha value is -0.860. The molecule has 42 valence electrons. The van der Waals surface area contributed by atoms with Crippen molar-refractivity contribution in [2.24, 2.45) is 0 Å². The van der Waals surface area contributed by atoms with Gasteiger partial charge < -0.3 is 0 Å². The lowest BCUT2D eigenvalue weighted by Gasteiger charge is -1.85. The van der Waals surface area contributed by atoms with Gasteiger partial charge in [0.2, 0.25) is 0 Å². The fourth-order valence-corrected chi connectivity index (χ4v) is 1.07. The molecule has 0 fully saturated rings. The van der Waals surface area contributed by atoms with Crippen LogP contribution in [0.5, 0.6) is 0 Å². The largest absolute Gasteiger partial charge is 0.249 e. The minimum Gasteiger partial charge on any atom is -0.249 e. The zero-order chi connectivity index (χ0) is 5.40. The molecule has 0 bridgehead atoms. The Kier molecular flexibility index (Phi) is 0.664. The van der Waals surface area contributed by atoms with Crippen LogP contribution in [-0.2, 0) is 13.0 Å². The lowest BCUT2D eigenvalue weighted by molar-refractivity contribution is 0.623. The first kappa shape index (κ1) is 4.06. The molecule has 0 aliphatic carbocycles. The van der Waals surface area contributed by atoms with E-state index in [0.29, 0.717) is 0 Å². The van der Waals surface area contributed by atoms with Crippen molar-refractivity contribution >= 4 is 0 Å². The smallest absolute Gasteiger partial charge is 0.0725 e. The second kappa shape index (κ2) is 1.31. The first-order valence-electron chi connectivity index (χ1n) is 2.84. The Morgan fingerprint density at radius 2 is 2.62 bits per heavy atom. The monoisotopic (exact) mass is 109 g/mol. The van der Waals surface area contributed by atoms with Crippen molar-refractivity contribution in [3.05, 3.63) is 11.9 Å². The third kappa shape index (κ3) is 0.384. The van der Waals surface area contributed by atoms with Crippen LogP contribution < -0.4 is 0 Å². The highest BCUT2D eigenvalue weighted by Crippen LogP contribution is 2.09. The Morgan fingerprint density at radius 1 is 1.62 bits per heavy atom. The third-order valence-electron chi connectivity index (χ3n) is 1.50. The van der Waals surface area contributed by atoms with Crippen molar-refractivity contribution in [3.63, 3.8) is 0 Å². The fourth-order valence-electron chi connectivity index (χ4n) is 1.07. The Balaban J connectivity index is 2.54. The fraction of sp³-hybridized carbons (Fsp3) is 0.600. The molecule has 0 atom stereocenters. The molecule has 0 unspecified atom stereocenters. The van der Waals surface area contributed by atoms with Crippen molar-refractivity contribution in [1.29, 1.82) is 0 Å². The van der Waals surface area contributed by atoms with Gasteiger partial charge in [0.05, 0.1) is 11.9 Å². The standard InChI is InChI=1S/C5H7N3/c1-2-5-4-6-7-8(5)3-1/h4H,1-3H2. The summed E-state index contributed by atoms with van der Waals surface area (Å²) in [6.45, 7) is 1.06. The van der Waals surface area contributed by atoms with Gasteiger partial charge >= 0.3 is 0 Å². The molecule has 0 saturated carbocycles. The highest BCUT2D eigenvalue weighted by atomic mass is 15.4. The minimum absolute atomic E-state index is 1.06. The Morgan fingerprint density at radius 3 is 3.50 bits per heavy atom. The van der Waals surface area contributed by atoms with E-state index < -0.39 is 0 Å². The van der Waals surface area contributed by atoms with Crippen LogP contribution in [-0.4, -0.2) is 15.0 Å².